The molecule has 0 saturated carbocycles. The molecule has 3 rings (SSSR count). The molecule has 0 saturated heterocycles. The van der Waals surface area contributed by atoms with Crippen LogP contribution in [-0.4, -0.2) is 15.0 Å². The van der Waals surface area contributed by atoms with E-state index < -0.39 is 0 Å². The van der Waals surface area contributed by atoms with Gasteiger partial charge < -0.3 is 5.32 Å². The largest absolute Gasteiger partial charge is 0.324 e. The summed E-state index contributed by atoms with van der Waals surface area (Å²) in [5.41, 5.74) is 2.23. The highest BCUT2D eigenvalue weighted by molar-refractivity contribution is 5.58. The Labute approximate surface area is 115 Å². The van der Waals surface area contributed by atoms with Crippen molar-refractivity contribution in [2.45, 2.75) is 0 Å². The second-order valence-electron chi connectivity index (χ2n) is 4.11. The summed E-state index contributed by atoms with van der Waals surface area (Å²) in [6.07, 6.45) is 3.37. The number of pyridine rings is 1. The topological polar surface area (TPSA) is 50.7 Å². The van der Waals surface area contributed by atoms with Gasteiger partial charge >= 0.3 is 0 Å². The Morgan fingerprint density at radius 2 is 1.65 bits per heavy atom. The van der Waals surface area contributed by atoms with E-state index in [0.29, 0.717) is 5.95 Å². The van der Waals surface area contributed by atoms with Crippen molar-refractivity contribution in [1.82, 2.24) is 15.0 Å². The lowest BCUT2D eigenvalue weighted by atomic mass is 10.2. The Hall–Kier alpha value is -2.82. The van der Waals surface area contributed by atoms with Gasteiger partial charge in [0, 0.05) is 18.1 Å². The van der Waals surface area contributed by atoms with E-state index in [9.17, 15) is 4.39 Å². The van der Waals surface area contributed by atoms with Gasteiger partial charge in [0.2, 0.25) is 5.95 Å². The SMILES string of the molecule is Fc1ccc(Nc2nccc(-c3ccccn3)n2)cc1. The summed E-state index contributed by atoms with van der Waals surface area (Å²) in [7, 11) is 0. The van der Waals surface area contributed by atoms with Crippen molar-refractivity contribution in [3.63, 3.8) is 0 Å². The van der Waals surface area contributed by atoms with Crippen molar-refractivity contribution in [3.8, 4) is 11.4 Å². The van der Waals surface area contributed by atoms with Crippen LogP contribution in [-0.2, 0) is 0 Å². The van der Waals surface area contributed by atoms with E-state index in [0.717, 1.165) is 17.1 Å². The average Bonchev–Trinajstić information content (AvgIpc) is 2.51. The molecule has 0 atom stereocenters. The Morgan fingerprint density at radius 3 is 2.40 bits per heavy atom. The van der Waals surface area contributed by atoms with Gasteiger partial charge in [0.05, 0.1) is 11.4 Å². The number of hydrogen-bond donors (Lipinski definition) is 1. The Morgan fingerprint density at radius 1 is 0.800 bits per heavy atom. The number of hydrogen-bond acceptors (Lipinski definition) is 4. The van der Waals surface area contributed by atoms with Gasteiger partial charge in [-0.15, -0.1) is 0 Å². The fourth-order valence-electron chi connectivity index (χ4n) is 1.74. The maximum absolute atomic E-state index is 12.8. The van der Waals surface area contributed by atoms with Gasteiger partial charge in [0.1, 0.15) is 5.82 Å². The summed E-state index contributed by atoms with van der Waals surface area (Å²) in [4.78, 5) is 12.8. The summed E-state index contributed by atoms with van der Waals surface area (Å²) >= 11 is 0. The van der Waals surface area contributed by atoms with Crippen LogP contribution in [0.2, 0.25) is 0 Å². The van der Waals surface area contributed by atoms with Crippen LogP contribution in [0.25, 0.3) is 11.4 Å². The molecular formula is C15H11FN4. The van der Waals surface area contributed by atoms with Crippen molar-refractivity contribution in [2.24, 2.45) is 0 Å². The number of aromatic nitrogens is 3. The zero-order valence-corrected chi connectivity index (χ0v) is 10.5. The summed E-state index contributed by atoms with van der Waals surface area (Å²) < 4.78 is 12.8. The molecule has 0 spiro atoms. The summed E-state index contributed by atoms with van der Waals surface area (Å²) in [5, 5.41) is 3.02. The molecule has 0 aliphatic rings. The molecule has 5 heteroatoms. The average molecular weight is 266 g/mol. The lowest BCUT2D eigenvalue weighted by Gasteiger charge is -2.06. The van der Waals surface area contributed by atoms with Crippen molar-refractivity contribution < 1.29 is 4.39 Å². The molecule has 2 aromatic heterocycles. The number of nitrogens with one attached hydrogen (secondary N) is 1. The fraction of sp³-hybridized carbons (Fsp3) is 0. The van der Waals surface area contributed by atoms with Gasteiger partial charge in [-0.25, -0.2) is 14.4 Å². The Balaban J connectivity index is 1.86. The van der Waals surface area contributed by atoms with E-state index in [1.54, 1.807) is 30.6 Å². The predicted molar refractivity (Wildman–Crippen MR) is 74.9 cm³/mol. The minimum atomic E-state index is -0.279. The summed E-state index contributed by atoms with van der Waals surface area (Å²) in [6, 6.07) is 13.4. The van der Waals surface area contributed by atoms with Gasteiger partial charge in [-0.1, -0.05) is 6.07 Å². The van der Waals surface area contributed by atoms with E-state index in [4.69, 9.17) is 0 Å². The maximum Gasteiger partial charge on any atom is 0.227 e. The third-order valence-corrected chi connectivity index (χ3v) is 2.68. The Bertz CT molecular complexity index is 699. The van der Waals surface area contributed by atoms with Gasteiger partial charge in [-0.3, -0.25) is 4.98 Å². The van der Waals surface area contributed by atoms with Crippen LogP contribution >= 0.6 is 0 Å². The quantitative estimate of drug-likeness (QED) is 0.789. The number of nitrogens with zero attached hydrogens (tertiary/aromatic N) is 3. The van der Waals surface area contributed by atoms with Gasteiger partial charge in [0.25, 0.3) is 0 Å². The molecule has 98 valence electrons. The number of rotatable bonds is 3. The van der Waals surface area contributed by atoms with E-state index in [2.05, 4.69) is 20.3 Å². The van der Waals surface area contributed by atoms with Gasteiger partial charge in [-0.2, -0.15) is 0 Å². The molecule has 1 N–H and O–H groups in total. The van der Waals surface area contributed by atoms with Crippen LogP contribution in [0.4, 0.5) is 16.0 Å². The molecule has 20 heavy (non-hydrogen) atoms. The highest BCUT2D eigenvalue weighted by Crippen LogP contribution is 2.17. The summed E-state index contributed by atoms with van der Waals surface area (Å²) in [6.45, 7) is 0. The minimum Gasteiger partial charge on any atom is -0.324 e. The van der Waals surface area contributed by atoms with Crippen LogP contribution < -0.4 is 5.32 Å². The van der Waals surface area contributed by atoms with E-state index >= 15 is 0 Å². The standard InChI is InChI=1S/C15H11FN4/c16-11-4-6-12(7-5-11)19-15-18-10-8-14(20-15)13-3-1-2-9-17-13/h1-10H,(H,18,19,20). The lowest BCUT2D eigenvalue weighted by molar-refractivity contribution is 0.628. The molecule has 0 aliphatic heterocycles. The third-order valence-electron chi connectivity index (χ3n) is 2.68. The van der Waals surface area contributed by atoms with Gasteiger partial charge in [0.15, 0.2) is 0 Å². The highest BCUT2D eigenvalue weighted by Gasteiger charge is 2.03. The van der Waals surface area contributed by atoms with Crippen LogP contribution in [0.5, 0.6) is 0 Å². The number of anilines is 2. The predicted octanol–water partition coefficient (Wildman–Crippen LogP) is 3.42. The first-order valence-corrected chi connectivity index (χ1v) is 6.08. The van der Waals surface area contributed by atoms with Crippen molar-refractivity contribution in [3.05, 3.63) is 66.7 Å². The second-order valence-corrected chi connectivity index (χ2v) is 4.11. The molecule has 0 aliphatic carbocycles. The first-order valence-electron chi connectivity index (χ1n) is 6.08. The molecule has 0 fully saturated rings. The molecule has 0 unspecified atom stereocenters. The second kappa shape index (κ2) is 5.44. The monoisotopic (exact) mass is 266 g/mol. The molecule has 3 aromatic rings. The van der Waals surface area contributed by atoms with E-state index in [1.807, 2.05) is 18.2 Å². The van der Waals surface area contributed by atoms with Gasteiger partial charge in [-0.05, 0) is 42.5 Å². The zero-order valence-electron chi connectivity index (χ0n) is 10.5. The number of benzene rings is 1. The molecule has 0 radical (unpaired) electrons. The molecule has 1 aromatic carbocycles. The molecule has 0 bridgehead atoms. The van der Waals surface area contributed by atoms with Crippen molar-refractivity contribution in [1.29, 1.82) is 0 Å². The fourth-order valence-corrected chi connectivity index (χ4v) is 1.74. The smallest absolute Gasteiger partial charge is 0.227 e. The first kappa shape index (κ1) is 12.2. The third kappa shape index (κ3) is 2.77. The van der Waals surface area contributed by atoms with Crippen LogP contribution in [0.15, 0.2) is 60.9 Å². The number of halogens is 1. The van der Waals surface area contributed by atoms with Crippen molar-refractivity contribution in [2.75, 3.05) is 5.32 Å². The lowest BCUT2D eigenvalue weighted by Crippen LogP contribution is -1.98. The normalized spacial score (nSPS) is 10.2. The Kier molecular flexibility index (Phi) is 3.33. The van der Waals surface area contributed by atoms with Crippen LogP contribution in [0.1, 0.15) is 0 Å². The summed E-state index contributed by atoms with van der Waals surface area (Å²) in [5.74, 6) is 0.165. The highest BCUT2D eigenvalue weighted by atomic mass is 19.1. The van der Waals surface area contributed by atoms with Crippen molar-refractivity contribution >= 4 is 11.6 Å². The van der Waals surface area contributed by atoms with E-state index in [1.165, 1.54) is 12.1 Å². The first-order chi connectivity index (χ1) is 9.81. The van der Waals surface area contributed by atoms with Crippen LogP contribution in [0.3, 0.4) is 0 Å². The molecule has 4 nitrogen and oxygen atoms in total. The molecule has 0 amide bonds. The van der Waals surface area contributed by atoms with Crippen LogP contribution in [0, 0.1) is 5.82 Å². The molecular weight excluding hydrogens is 255 g/mol. The molecule has 2 heterocycles. The maximum atomic E-state index is 12.8. The zero-order chi connectivity index (χ0) is 13.8. The minimum absolute atomic E-state index is 0.279. The van der Waals surface area contributed by atoms with E-state index in [-0.39, 0.29) is 5.82 Å².